The highest BCUT2D eigenvalue weighted by atomic mass is 79.9. The van der Waals surface area contributed by atoms with Crippen LogP contribution in [0.3, 0.4) is 0 Å². The minimum atomic E-state index is 0.143. The molecule has 3 nitrogen and oxygen atoms in total. The van der Waals surface area contributed by atoms with E-state index < -0.39 is 0 Å². The van der Waals surface area contributed by atoms with Crippen molar-refractivity contribution in [2.75, 3.05) is 11.9 Å². The largest absolute Gasteiger partial charge is 0.368 e. The third-order valence-electron chi connectivity index (χ3n) is 2.11. The van der Waals surface area contributed by atoms with E-state index in [1.165, 1.54) is 0 Å². The first kappa shape index (κ1) is 13.7. The fourth-order valence-corrected chi connectivity index (χ4v) is 2.24. The van der Waals surface area contributed by atoms with Crippen LogP contribution in [0, 0.1) is 5.92 Å². The lowest BCUT2D eigenvalue weighted by Crippen LogP contribution is -2.30. The molecule has 0 spiro atoms. The first-order chi connectivity index (χ1) is 7.49. The summed E-state index contributed by atoms with van der Waals surface area (Å²) in [5, 5.41) is 3.82. The van der Waals surface area contributed by atoms with Crippen molar-refractivity contribution in [3.8, 4) is 0 Å². The number of nitrogens with two attached hydrogens (primary N) is 1. The van der Waals surface area contributed by atoms with Gasteiger partial charge in [0.2, 0.25) is 0 Å². The monoisotopic (exact) mass is 305 g/mol. The van der Waals surface area contributed by atoms with E-state index in [1.54, 1.807) is 6.20 Å². The number of halogens is 2. The Labute approximate surface area is 110 Å². The summed E-state index contributed by atoms with van der Waals surface area (Å²) in [6.45, 7) is 5.04. The van der Waals surface area contributed by atoms with Crippen LogP contribution in [0.4, 0.5) is 5.82 Å². The van der Waals surface area contributed by atoms with Crippen LogP contribution in [-0.2, 0) is 0 Å². The van der Waals surface area contributed by atoms with Gasteiger partial charge < -0.3 is 11.1 Å². The maximum atomic E-state index is 5.97. The van der Waals surface area contributed by atoms with E-state index >= 15 is 0 Å². The maximum Gasteiger partial charge on any atom is 0.140 e. The standard InChI is InChI=1S/C11H17BrClN3/c1-7(2)3-9(14)6-16-11-10(12)4-8(13)5-15-11/h4-5,7,9H,3,6,14H2,1-2H3,(H,15,16). The molecule has 0 saturated heterocycles. The van der Waals surface area contributed by atoms with Crippen molar-refractivity contribution in [1.82, 2.24) is 4.98 Å². The van der Waals surface area contributed by atoms with Gasteiger partial charge in [0.25, 0.3) is 0 Å². The zero-order valence-electron chi connectivity index (χ0n) is 9.50. The average molecular weight is 307 g/mol. The number of rotatable bonds is 5. The van der Waals surface area contributed by atoms with Crippen molar-refractivity contribution in [3.05, 3.63) is 21.8 Å². The van der Waals surface area contributed by atoms with Gasteiger partial charge in [0.1, 0.15) is 5.82 Å². The third kappa shape index (κ3) is 4.68. The Kier molecular flexibility index (Phi) is 5.52. The predicted octanol–water partition coefficient (Wildman–Crippen LogP) is 3.28. The van der Waals surface area contributed by atoms with Gasteiger partial charge >= 0.3 is 0 Å². The Balaban J connectivity index is 2.48. The van der Waals surface area contributed by atoms with E-state index in [1.807, 2.05) is 6.07 Å². The number of hydrogen-bond acceptors (Lipinski definition) is 3. The average Bonchev–Trinajstić information content (AvgIpc) is 2.15. The van der Waals surface area contributed by atoms with Crippen LogP contribution in [-0.4, -0.2) is 17.6 Å². The normalized spacial score (nSPS) is 12.9. The molecular formula is C11H17BrClN3. The molecule has 0 saturated carbocycles. The van der Waals surface area contributed by atoms with Crippen LogP contribution in [0.25, 0.3) is 0 Å². The van der Waals surface area contributed by atoms with Crippen LogP contribution < -0.4 is 11.1 Å². The highest BCUT2D eigenvalue weighted by Crippen LogP contribution is 2.23. The lowest BCUT2D eigenvalue weighted by Gasteiger charge is -2.15. The molecular weight excluding hydrogens is 289 g/mol. The van der Waals surface area contributed by atoms with Gasteiger partial charge in [0, 0.05) is 18.8 Å². The highest BCUT2D eigenvalue weighted by Gasteiger charge is 2.07. The summed E-state index contributed by atoms with van der Waals surface area (Å²) < 4.78 is 0.858. The van der Waals surface area contributed by atoms with E-state index in [0.29, 0.717) is 17.5 Å². The molecule has 0 aliphatic carbocycles. The lowest BCUT2D eigenvalue weighted by atomic mass is 10.0. The molecule has 0 aliphatic heterocycles. The summed E-state index contributed by atoms with van der Waals surface area (Å²) in [7, 11) is 0. The van der Waals surface area contributed by atoms with E-state index in [9.17, 15) is 0 Å². The van der Waals surface area contributed by atoms with Crippen molar-refractivity contribution < 1.29 is 0 Å². The second-order valence-electron chi connectivity index (χ2n) is 4.25. The summed E-state index contributed by atoms with van der Waals surface area (Å²) in [5.74, 6) is 1.39. The highest BCUT2D eigenvalue weighted by molar-refractivity contribution is 9.10. The van der Waals surface area contributed by atoms with E-state index in [4.69, 9.17) is 17.3 Å². The molecule has 5 heteroatoms. The van der Waals surface area contributed by atoms with Gasteiger partial charge in [0.05, 0.1) is 9.50 Å². The first-order valence-corrected chi connectivity index (χ1v) is 6.46. The van der Waals surface area contributed by atoms with Gasteiger partial charge in [-0.1, -0.05) is 25.4 Å². The predicted molar refractivity (Wildman–Crippen MR) is 72.9 cm³/mol. The summed E-state index contributed by atoms with van der Waals surface area (Å²) in [4.78, 5) is 4.18. The quantitative estimate of drug-likeness (QED) is 0.877. The van der Waals surface area contributed by atoms with Crippen LogP contribution in [0.15, 0.2) is 16.7 Å². The summed E-state index contributed by atoms with van der Waals surface area (Å²) in [5.41, 5.74) is 5.97. The molecule has 0 bridgehead atoms. The minimum absolute atomic E-state index is 0.143. The number of anilines is 1. The Morgan fingerprint density at radius 2 is 2.25 bits per heavy atom. The van der Waals surface area contributed by atoms with E-state index in [2.05, 4.69) is 40.1 Å². The van der Waals surface area contributed by atoms with E-state index in [0.717, 1.165) is 16.7 Å². The zero-order valence-corrected chi connectivity index (χ0v) is 11.8. The van der Waals surface area contributed by atoms with Gasteiger partial charge in [-0.3, -0.25) is 0 Å². The van der Waals surface area contributed by atoms with Crippen LogP contribution in [0.5, 0.6) is 0 Å². The van der Waals surface area contributed by atoms with Crippen molar-refractivity contribution in [3.63, 3.8) is 0 Å². The molecule has 0 amide bonds. The number of pyridine rings is 1. The molecule has 1 atom stereocenters. The fraction of sp³-hybridized carbons (Fsp3) is 0.545. The molecule has 16 heavy (non-hydrogen) atoms. The molecule has 1 aromatic heterocycles. The Morgan fingerprint density at radius 3 is 2.81 bits per heavy atom. The number of nitrogens with zero attached hydrogens (tertiary/aromatic N) is 1. The molecule has 0 fully saturated rings. The summed E-state index contributed by atoms with van der Waals surface area (Å²) in [6, 6.07) is 1.95. The third-order valence-corrected chi connectivity index (χ3v) is 2.92. The second kappa shape index (κ2) is 6.42. The molecule has 1 heterocycles. The van der Waals surface area contributed by atoms with E-state index in [-0.39, 0.29) is 6.04 Å². The van der Waals surface area contributed by atoms with Gasteiger partial charge in [-0.05, 0) is 34.3 Å². The van der Waals surface area contributed by atoms with Crippen LogP contribution >= 0.6 is 27.5 Å². The van der Waals surface area contributed by atoms with Gasteiger partial charge in [-0.2, -0.15) is 0 Å². The molecule has 3 N–H and O–H groups in total. The van der Waals surface area contributed by atoms with Crippen LogP contribution in [0.1, 0.15) is 20.3 Å². The Morgan fingerprint density at radius 1 is 1.56 bits per heavy atom. The van der Waals surface area contributed by atoms with Gasteiger partial charge in [0.15, 0.2) is 0 Å². The smallest absolute Gasteiger partial charge is 0.140 e. The fourth-order valence-electron chi connectivity index (χ4n) is 1.46. The SMILES string of the molecule is CC(C)CC(N)CNc1ncc(Cl)cc1Br. The Bertz CT molecular complexity index is 344. The minimum Gasteiger partial charge on any atom is -0.368 e. The number of hydrogen-bond donors (Lipinski definition) is 2. The summed E-state index contributed by atoms with van der Waals surface area (Å²) in [6.07, 6.45) is 2.61. The van der Waals surface area contributed by atoms with Crippen molar-refractivity contribution in [2.24, 2.45) is 11.7 Å². The Hall–Kier alpha value is -0.320. The molecule has 1 aromatic rings. The molecule has 90 valence electrons. The topological polar surface area (TPSA) is 50.9 Å². The second-order valence-corrected chi connectivity index (χ2v) is 5.55. The zero-order chi connectivity index (χ0) is 12.1. The van der Waals surface area contributed by atoms with Crippen molar-refractivity contribution in [2.45, 2.75) is 26.3 Å². The van der Waals surface area contributed by atoms with Crippen molar-refractivity contribution >= 4 is 33.3 Å². The summed E-state index contributed by atoms with van der Waals surface area (Å²) >= 11 is 9.20. The molecule has 1 unspecified atom stereocenters. The molecule has 1 rings (SSSR count). The van der Waals surface area contributed by atoms with Crippen molar-refractivity contribution in [1.29, 1.82) is 0 Å². The number of nitrogens with one attached hydrogen (secondary N) is 1. The molecule has 0 aliphatic rings. The lowest BCUT2D eigenvalue weighted by molar-refractivity contribution is 0.508. The molecule has 0 radical (unpaired) electrons. The maximum absolute atomic E-state index is 5.97. The number of aromatic nitrogens is 1. The first-order valence-electron chi connectivity index (χ1n) is 5.29. The van der Waals surface area contributed by atoms with Gasteiger partial charge in [-0.15, -0.1) is 0 Å². The molecule has 0 aromatic carbocycles. The van der Waals surface area contributed by atoms with Crippen LogP contribution in [0.2, 0.25) is 5.02 Å². The van der Waals surface area contributed by atoms with Gasteiger partial charge in [-0.25, -0.2) is 4.98 Å².